The van der Waals surface area contributed by atoms with Gasteiger partial charge in [0.2, 0.25) is 0 Å². The van der Waals surface area contributed by atoms with Gasteiger partial charge in [-0.15, -0.1) is 11.3 Å². The molecule has 0 aromatic carbocycles. The van der Waals surface area contributed by atoms with Gasteiger partial charge in [-0.3, -0.25) is 4.99 Å². The first-order chi connectivity index (χ1) is 7.79. The van der Waals surface area contributed by atoms with Gasteiger partial charge in [0.1, 0.15) is 0 Å². The number of nitrogens with zero attached hydrogens (tertiary/aromatic N) is 2. The molecule has 1 saturated carbocycles. The van der Waals surface area contributed by atoms with Crippen molar-refractivity contribution >= 4 is 17.3 Å². The number of guanidine groups is 1. The standard InChI is InChI=1S/C12H17N3S/c1-2-9-5-6-11(16-9)10-7-14-12(13)15(10)8-3-4-8/h5-6,8,10H,2-4,7H2,1H3,(H2,13,14). The van der Waals surface area contributed by atoms with E-state index in [-0.39, 0.29) is 0 Å². The highest BCUT2D eigenvalue weighted by molar-refractivity contribution is 7.12. The Labute approximate surface area is 100.0 Å². The van der Waals surface area contributed by atoms with Crippen LogP contribution in [0.4, 0.5) is 0 Å². The molecule has 1 fully saturated rings. The van der Waals surface area contributed by atoms with Gasteiger partial charge in [0.15, 0.2) is 5.96 Å². The topological polar surface area (TPSA) is 41.6 Å². The molecule has 2 heterocycles. The second-order valence-electron chi connectivity index (χ2n) is 4.51. The van der Waals surface area contributed by atoms with Crippen LogP contribution in [-0.2, 0) is 6.42 Å². The molecule has 1 aromatic rings. The molecule has 2 aliphatic rings. The van der Waals surface area contributed by atoms with Gasteiger partial charge < -0.3 is 10.6 Å². The van der Waals surface area contributed by atoms with Crippen LogP contribution in [0.2, 0.25) is 0 Å². The van der Waals surface area contributed by atoms with Crippen molar-refractivity contribution in [2.75, 3.05) is 6.54 Å². The summed E-state index contributed by atoms with van der Waals surface area (Å²) in [6, 6.07) is 5.55. The molecule has 1 aliphatic carbocycles. The number of hydrogen-bond acceptors (Lipinski definition) is 4. The Hall–Kier alpha value is -1.03. The molecule has 1 unspecified atom stereocenters. The highest BCUT2D eigenvalue weighted by Crippen LogP contribution is 2.39. The Bertz CT molecular complexity index is 420. The van der Waals surface area contributed by atoms with Crippen molar-refractivity contribution in [3.05, 3.63) is 21.9 Å². The molecule has 1 atom stereocenters. The molecule has 16 heavy (non-hydrogen) atoms. The van der Waals surface area contributed by atoms with E-state index in [1.165, 1.54) is 22.6 Å². The molecule has 3 rings (SSSR count). The van der Waals surface area contributed by atoms with Crippen LogP contribution in [0.15, 0.2) is 17.1 Å². The maximum absolute atomic E-state index is 5.97. The second-order valence-corrected chi connectivity index (χ2v) is 5.71. The van der Waals surface area contributed by atoms with E-state index >= 15 is 0 Å². The number of thiophene rings is 1. The SMILES string of the molecule is CCc1ccc(C2CN=C(N)N2C2CC2)s1. The van der Waals surface area contributed by atoms with E-state index < -0.39 is 0 Å². The lowest BCUT2D eigenvalue weighted by Gasteiger charge is -2.25. The Morgan fingerprint density at radius 1 is 1.50 bits per heavy atom. The molecule has 0 radical (unpaired) electrons. The number of hydrogen-bond donors (Lipinski definition) is 1. The molecule has 0 saturated heterocycles. The van der Waals surface area contributed by atoms with Crippen LogP contribution in [0.1, 0.15) is 35.6 Å². The smallest absolute Gasteiger partial charge is 0.192 e. The summed E-state index contributed by atoms with van der Waals surface area (Å²) in [6.07, 6.45) is 3.68. The van der Waals surface area contributed by atoms with E-state index in [1.807, 2.05) is 11.3 Å². The van der Waals surface area contributed by atoms with Gasteiger partial charge in [0, 0.05) is 15.8 Å². The highest BCUT2D eigenvalue weighted by Gasteiger charge is 2.39. The molecule has 3 nitrogen and oxygen atoms in total. The second kappa shape index (κ2) is 3.77. The lowest BCUT2D eigenvalue weighted by atomic mass is 10.2. The van der Waals surface area contributed by atoms with Crippen molar-refractivity contribution in [2.45, 2.75) is 38.3 Å². The summed E-state index contributed by atoms with van der Waals surface area (Å²) in [6.45, 7) is 3.04. The molecule has 2 N–H and O–H groups in total. The van der Waals surface area contributed by atoms with Crippen LogP contribution >= 0.6 is 11.3 Å². The van der Waals surface area contributed by atoms with E-state index in [9.17, 15) is 0 Å². The van der Waals surface area contributed by atoms with Gasteiger partial charge in [-0.05, 0) is 31.4 Å². The average molecular weight is 235 g/mol. The first-order valence-corrected chi connectivity index (χ1v) is 6.78. The van der Waals surface area contributed by atoms with Gasteiger partial charge >= 0.3 is 0 Å². The summed E-state index contributed by atoms with van der Waals surface area (Å²) in [5.41, 5.74) is 5.97. The van der Waals surface area contributed by atoms with Crippen molar-refractivity contribution in [1.29, 1.82) is 0 Å². The number of aryl methyl sites for hydroxylation is 1. The van der Waals surface area contributed by atoms with Gasteiger partial charge in [-0.25, -0.2) is 0 Å². The van der Waals surface area contributed by atoms with E-state index in [1.54, 1.807) is 0 Å². The average Bonchev–Trinajstić information content (AvgIpc) is 2.88. The molecule has 86 valence electrons. The first kappa shape index (κ1) is 10.1. The molecule has 0 spiro atoms. The van der Waals surface area contributed by atoms with Crippen molar-refractivity contribution < 1.29 is 0 Å². The van der Waals surface area contributed by atoms with Gasteiger partial charge in [0.05, 0.1) is 12.6 Å². The minimum absolute atomic E-state index is 0.415. The van der Waals surface area contributed by atoms with Crippen LogP contribution in [-0.4, -0.2) is 23.4 Å². The van der Waals surface area contributed by atoms with E-state index in [2.05, 4.69) is 28.9 Å². The quantitative estimate of drug-likeness (QED) is 0.872. The summed E-state index contributed by atoms with van der Waals surface area (Å²) >= 11 is 1.91. The third-order valence-electron chi connectivity index (χ3n) is 3.33. The van der Waals surface area contributed by atoms with E-state index in [4.69, 9.17) is 5.73 Å². The third kappa shape index (κ3) is 1.61. The van der Waals surface area contributed by atoms with Gasteiger partial charge in [0.25, 0.3) is 0 Å². The van der Waals surface area contributed by atoms with Crippen molar-refractivity contribution in [1.82, 2.24) is 4.90 Å². The zero-order valence-electron chi connectivity index (χ0n) is 9.52. The summed E-state index contributed by atoms with van der Waals surface area (Å²) in [5, 5.41) is 0. The van der Waals surface area contributed by atoms with Crippen LogP contribution in [0.25, 0.3) is 0 Å². The molecule has 0 amide bonds. The predicted octanol–water partition coefficient (Wildman–Crippen LogP) is 2.14. The zero-order chi connectivity index (χ0) is 11.1. The predicted molar refractivity (Wildman–Crippen MR) is 67.8 cm³/mol. The molecular formula is C12H17N3S. The number of rotatable bonds is 3. The maximum Gasteiger partial charge on any atom is 0.192 e. The first-order valence-electron chi connectivity index (χ1n) is 5.96. The fourth-order valence-electron chi connectivity index (χ4n) is 2.29. The summed E-state index contributed by atoms with van der Waals surface area (Å²) in [7, 11) is 0. The van der Waals surface area contributed by atoms with Gasteiger partial charge in [-0.2, -0.15) is 0 Å². The van der Waals surface area contributed by atoms with E-state index in [0.717, 1.165) is 18.9 Å². The molecule has 0 bridgehead atoms. The summed E-state index contributed by atoms with van der Waals surface area (Å²) < 4.78 is 0. The lowest BCUT2D eigenvalue weighted by molar-refractivity contribution is 0.342. The molecule has 1 aromatic heterocycles. The zero-order valence-corrected chi connectivity index (χ0v) is 10.3. The normalized spacial score (nSPS) is 24.9. The Morgan fingerprint density at radius 3 is 2.94 bits per heavy atom. The molecule has 1 aliphatic heterocycles. The Morgan fingerprint density at radius 2 is 2.31 bits per heavy atom. The Kier molecular flexibility index (Phi) is 2.39. The fourth-order valence-corrected chi connectivity index (χ4v) is 3.34. The van der Waals surface area contributed by atoms with Crippen molar-refractivity contribution in [3.8, 4) is 0 Å². The molecular weight excluding hydrogens is 218 g/mol. The minimum atomic E-state index is 0.415. The monoisotopic (exact) mass is 235 g/mol. The number of aliphatic imine (C=N–C) groups is 1. The largest absolute Gasteiger partial charge is 0.370 e. The van der Waals surface area contributed by atoms with E-state index in [0.29, 0.717) is 12.1 Å². The summed E-state index contributed by atoms with van der Waals surface area (Å²) in [5.74, 6) is 0.749. The van der Waals surface area contributed by atoms with Gasteiger partial charge in [-0.1, -0.05) is 6.92 Å². The maximum atomic E-state index is 5.97. The van der Waals surface area contributed by atoms with Crippen molar-refractivity contribution in [2.24, 2.45) is 10.7 Å². The summed E-state index contributed by atoms with van der Waals surface area (Å²) in [4.78, 5) is 9.60. The lowest BCUT2D eigenvalue weighted by Crippen LogP contribution is -2.37. The van der Waals surface area contributed by atoms with Crippen LogP contribution in [0.5, 0.6) is 0 Å². The van der Waals surface area contributed by atoms with Crippen LogP contribution in [0.3, 0.4) is 0 Å². The van der Waals surface area contributed by atoms with Crippen molar-refractivity contribution in [3.63, 3.8) is 0 Å². The molecule has 4 heteroatoms. The van der Waals surface area contributed by atoms with Crippen LogP contribution in [0, 0.1) is 0 Å². The Balaban J connectivity index is 1.84. The highest BCUT2D eigenvalue weighted by atomic mass is 32.1. The third-order valence-corrected chi connectivity index (χ3v) is 4.66. The minimum Gasteiger partial charge on any atom is -0.370 e. The number of nitrogens with two attached hydrogens (primary N) is 1. The van der Waals surface area contributed by atoms with Crippen LogP contribution < -0.4 is 5.73 Å². The fraction of sp³-hybridized carbons (Fsp3) is 0.583.